The molecule has 2 aliphatic rings. The standard InChI is InChI=1S/C14H19N3O3/c1-19-12-4-2-3-11(16-12)17-10-14(20-9-13(17)18)5-7-15-8-6-14/h2-4,15H,5-10H2,1H3. The molecule has 0 radical (unpaired) electrons. The second-order valence-corrected chi connectivity index (χ2v) is 5.24. The van der Waals surface area contributed by atoms with Gasteiger partial charge in [0, 0.05) is 6.07 Å². The number of hydrogen-bond donors (Lipinski definition) is 1. The van der Waals surface area contributed by atoms with E-state index in [1.165, 1.54) is 0 Å². The Morgan fingerprint density at radius 3 is 2.95 bits per heavy atom. The number of methoxy groups -OCH3 is 1. The summed E-state index contributed by atoms with van der Waals surface area (Å²) in [5, 5.41) is 3.32. The largest absolute Gasteiger partial charge is 0.481 e. The lowest BCUT2D eigenvalue weighted by molar-refractivity contribution is -0.141. The summed E-state index contributed by atoms with van der Waals surface area (Å²) in [6.07, 6.45) is 1.83. The van der Waals surface area contributed by atoms with Crippen molar-refractivity contribution in [3.05, 3.63) is 18.2 Å². The first kappa shape index (κ1) is 13.3. The summed E-state index contributed by atoms with van der Waals surface area (Å²) in [6.45, 7) is 2.54. The molecule has 1 spiro atoms. The van der Waals surface area contributed by atoms with Crippen molar-refractivity contribution in [2.45, 2.75) is 18.4 Å². The van der Waals surface area contributed by atoms with Gasteiger partial charge in [0.25, 0.3) is 5.91 Å². The van der Waals surface area contributed by atoms with Gasteiger partial charge in [-0.1, -0.05) is 6.07 Å². The van der Waals surface area contributed by atoms with E-state index in [1.807, 2.05) is 12.1 Å². The number of piperidine rings is 1. The second kappa shape index (κ2) is 5.38. The molecule has 3 heterocycles. The molecule has 108 valence electrons. The number of hydrogen-bond acceptors (Lipinski definition) is 5. The minimum Gasteiger partial charge on any atom is -0.481 e. The molecule has 2 fully saturated rings. The quantitative estimate of drug-likeness (QED) is 0.856. The Kier molecular flexibility index (Phi) is 3.58. The van der Waals surface area contributed by atoms with Crippen LogP contribution in [-0.4, -0.2) is 49.8 Å². The number of aromatic nitrogens is 1. The monoisotopic (exact) mass is 277 g/mol. The molecule has 0 aromatic carbocycles. The number of morpholine rings is 1. The molecule has 2 aliphatic heterocycles. The first-order chi connectivity index (χ1) is 9.72. The highest BCUT2D eigenvalue weighted by Gasteiger charge is 2.41. The maximum Gasteiger partial charge on any atom is 0.254 e. The van der Waals surface area contributed by atoms with E-state index in [0.717, 1.165) is 25.9 Å². The molecule has 1 N–H and O–H groups in total. The molecule has 0 saturated carbocycles. The summed E-state index contributed by atoms with van der Waals surface area (Å²) in [7, 11) is 1.57. The Balaban J connectivity index is 1.84. The molecule has 0 aliphatic carbocycles. The van der Waals surface area contributed by atoms with E-state index in [4.69, 9.17) is 9.47 Å². The molecule has 2 saturated heterocycles. The van der Waals surface area contributed by atoms with Crippen LogP contribution in [0.2, 0.25) is 0 Å². The lowest BCUT2D eigenvalue weighted by Gasteiger charge is -2.44. The average Bonchev–Trinajstić information content (AvgIpc) is 2.51. The van der Waals surface area contributed by atoms with Gasteiger partial charge in [-0.3, -0.25) is 9.69 Å². The fourth-order valence-corrected chi connectivity index (χ4v) is 2.78. The number of ether oxygens (including phenoxy) is 2. The van der Waals surface area contributed by atoms with Crippen LogP contribution in [-0.2, 0) is 9.53 Å². The van der Waals surface area contributed by atoms with Gasteiger partial charge in [-0.15, -0.1) is 0 Å². The Bertz CT molecular complexity index is 500. The van der Waals surface area contributed by atoms with Gasteiger partial charge in [0.2, 0.25) is 5.88 Å². The van der Waals surface area contributed by atoms with E-state index in [0.29, 0.717) is 18.2 Å². The van der Waals surface area contributed by atoms with Gasteiger partial charge in [-0.05, 0) is 32.0 Å². The molecule has 0 atom stereocenters. The molecule has 1 amide bonds. The molecular weight excluding hydrogens is 258 g/mol. The van der Waals surface area contributed by atoms with Crippen LogP contribution in [0.4, 0.5) is 5.82 Å². The van der Waals surface area contributed by atoms with Crippen molar-refractivity contribution in [3.8, 4) is 5.88 Å². The van der Waals surface area contributed by atoms with Crippen LogP contribution < -0.4 is 15.0 Å². The molecule has 20 heavy (non-hydrogen) atoms. The summed E-state index contributed by atoms with van der Waals surface area (Å²) in [4.78, 5) is 18.2. The van der Waals surface area contributed by atoms with E-state index in [9.17, 15) is 4.79 Å². The van der Waals surface area contributed by atoms with E-state index in [-0.39, 0.29) is 18.1 Å². The minimum atomic E-state index is -0.232. The number of carbonyl (C=O) groups excluding carboxylic acids is 1. The lowest BCUT2D eigenvalue weighted by Crippen LogP contribution is -2.58. The Hall–Kier alpha value is -1.66. The topological polar surface area (TPSA) is 63.7 Å². The van der Waals surface area contributed by atoms with Crippen molar-refractivity contribution >= 4 is 11.7 Å². The number of amides is 1. The van der Waals surface area contributed by atoms with Crippen molar-refractivity contribution in [1.82, 2.24) is 10.3 Å². The zero-order valence-electron chi connectivity index (χ0n) is 11.6. The molecular formula is C14H19N3O3. The highest BCUT2D eigenvalue weighted by atomic mass is 16.5. The summed E-state index contributed by atoms with van der Waals surface area (Å²) in [5.41, 5.74) is -0.232. The third-order valence-electron chi connectivity index (χ3n) is 3.96. The fraction of sp³-hybridized carbons (Fsp3) is 0.571. The van der Waals surface area contributed by atoms with Crippen LogP contribution in [0.15, 0.2) is 18.2 Å². The van der Waals surface area contributed by atoms with Crippen LogP contribution in [0.5, 0.6) is 5.88 Å². The third-order valence-corrected chi connectivity index (χ3v) is 3.96. The van der Waals surface area contributed by atoms with E-state index >= 15 is 0 Å². The van der Waals surface area contributed by atoms with Gasteiger partial charge in [0.05, 0.1) is 19.3 Å². The van der Waals surface area contributed by atoms with E-state index in [1.54, 1.807) is 18.1 Å². The van der Waals surface area contributed by atoms with Crippen molar-refractivity contribution < 1.29 is 14.3 Å². The fourth-order valence-electron chi connectivity index (χ4n) is 2.78. The van der Waals surface area contributed by atoms with Crippen molar-refractivity contribution in [3.63, 3.8) is 0 Å². The highest BCUT2D eigenvalue weighted by Crippen LogP contribution is 2.30. The van der Waals surface area contributed by atoms with Crippen molar-refractivity contribution in [1.29, 1.82) is 0 Å². The summed E-state index contributed by atoms with van der Waals surface area (Å²) in [5.74, 6) is 1.10. The minimum absolute atomic E-state index is 0.0464. The van der Waals surface area contributed by atoms with E-state index in [2.05, 4.69) is 10.3 Å². The smallest absolute Gasteiger partial charge is 0.254 e. The second-order valence-electron chi connectivity index (χ2n) is 5.24. The summed E-state index contributed by atoms with van der Waals surface area (Å²) >= 11 is 0. The number of nitrogens with one attached hydrogen (secondary N) is 1. The SMILES string of the molecule is COc1cccc(N2CC3(CCNCC3)OCC2=O)n1. The van der Waals surface area contributed by atoms with Crippen LogP contribution >= 0.6 is 0 Å². The first-order valence-corrected chi connectivity index (χ1v) is 6.89. The maximum atomic E-state index is 12.1. The molecule has 1 aromatic rings. The number of pyridine rings is 1. The van der Waals surface area contributed by atoms with Crippen molar-refractivity contribution in [2.75, 3.05) is 38.3 Å². The Morgan fingerprint density at radius 1 is 1.40 bits per heavy atom. The van der Waals surface area contributed by atoms with Crippen LogP contribution in [0, 0.1) is 0 Å². The number of nitrogens with zero attached hydrogens (tertiary/aromatic N) is 2. The lowest BCUT2D eigenvalue weighted by atomic mass is 9.90. The third kappa shape index (κ3) is 2.48. The number of carbonyl (C=O) groups is 1. The van der Waals surface area contributed by atoms with Crippen LogP contribution in [0.3, 0.4) is 0 Å². The normalized spacial score (nSPS) is 22.1. The van der Waals surface area contributed by atoms with Crippen LogP contribution in [0.1, 0.15) is 12.8 Å². The van der Waals surface area contributed by atoms with E-state index < -0.39 is 0 Å². The average molecular weight is 277 g/mol. The molecule has 1 aromatic heterocycles. The highest BCUT2D eigenvalue weighted by molar-refractivity contribution is 5.94. The molecule has 0 unspecified atom stereocenters. The summed E-state index contributed by atoms with van der Waals surface area (Å²) in [6, 6.07) is 5.45. The Morgan fingerprint density at radius 2 is 2.20 bits per heavy atom. The molecule has 6 nitrogen and oxygen atoms in total. The summed E-state index contributed by atoms with van der Waals surface area (Å²) < 4.78 is 11.0. The van der Waals surface area contributed by atoms with Gasteiger partial charge in [-0.25, -0.2) is 0 Å². The first-order valence-electron chi connectivity index (χ1n) is 6.89. The van der Waals surface area contributed by atoms with Gasteiger partial charge < -0.3 is 14.8 Å². The molecule has 3 rings (SSSR count). The van der Waals surface area contributed by atoms with Crippen LogP contribution in [0.25, 0.3) is 0 Å². The van der Waals surface area contributed by atoms with Gasteiger partial charge in [0.15, 0.2) is 0 Å². The zero-order chi connectivity index (χ0) is 14.0. The Labute approximate surface area is 118 Å². The maximum absolute atomic E-state index is 12.1. The predicted molar refractivity (Wildman–Crippen MR) is 73.9 cm³/mol. The van der Waals surface area contributed by atoms with Gasteiger partial charge >= 0.3 is 0 Å². The number of anilines is 1. The molecule has 6 heteroatoms. The van der Waals surface area contributed by atoms with Crippen molar-refractivity contribution in [2.24, 2.45) is 0 Å². The molecule has 0 bridgehead atoms. The zero-order valence-corrected chi connectivity index (χ0v) is 11.6. The predicted octanol–water partition coefficient (Wildman–Crippen LogP) is 0.576. The number of rotatable bonds is 2. The van der Waals surface area contributed by atoms with Gasteiger partial charge in [-0.2, -0.15) is 4.98 Å². The van der Waals surface area contributed by atoms with Gasteiger partial charge in [0.1, 0.15) is 12.4 Å².